The number of para-hydroxylation sites is 1. The van der Waals surface area contributed by atoms with Crippen LogP contribution >= 0.6 is 23.5 Å². The minimum atomic E-state index is -0.346. The van der Waals surface area contributed by atoms with E-state index in [9.17, 15) is 4.79 Å². The van der Waals surface area contributed by atoms with Crippen molar-refractivity contribution in [2.45, 2.75) is 17.3 Å². The Morgan fingerprint density at radius 1 is 1.18 bits per heavy atom. The van der Waals surface area contributed by atoms with Gasteiger partial charge in [-0.25, -0.2) is 0 Å². The highest BCUT2D eigenvalue weighted by Gasteiger charge is 2.23. The molecule has 0 bridgehead atoms. The van der Waals surface area contributed by atoms with Gasteiger partial charge in [0, 0.05) is 29.4 Å². The number of nitrogens with one attached hydrogen (secondary N) is 1. The number of rotatable bonds is 5. The van der Waals surface area contributed by atoms with E-state index in [1.165, 1.54) is 11.8 Å². The molecule has 9 heteroatoms. The number of hydrogen-bond acceptors (Lipinski definition) is 7. The van der Waals surface area contributed by atoms with E-state index in [4.69, 9.17) is 0 Å². The molecule has 0 fully saturated rings. The Hall–Kier alpha value is -2.65. The largest absolute Gasteiger partial charge is 0.304 e. The van der Waals surface area contributed by atoms with Gasteiger partial charge in [-0.15, -0.1) is 10.2 Å². The summed E-state index contributed by atoms with van der Waals surface area (Å²) in [6.45, 7) is 2.61. The summed E-state index contributed by atoms with van der Waals surface area (Å²) in [6, 6.07) is 13.7. The van der Waals surface area contributed by atoms with E-state index in [2.05, 4.69) is 25.5 Å². The fourth-order valence-electron chi connectivity index (χ4n) is 2.67. The molecule has 1 N–H and O–H groups in total. The Balaban J connectivity index is 1.63. The van der Waals surface area contributed by atoms with Gasteiger partial charge in [0.25, 0.3) is 0 Å². The minimum Gasteiger partial charge on any atom is -0.304 e. The van der Waals surface area contributed by atoms with Crippen LogP contribution in [0.2, 0.25) is 0 Å². The number of carbonyl (C=O) groups excluding carboxylic acids is 1. The number of amides is 1. The maximum absolute atomic E-state index is 12.5. The fraction of sp³-hybridized carbons (Fsp3) is 0.211. The van der Waals surface area contributed by atoms with Crippen molar-refractivity contribution >= 4 is 34.6 Å². The second kappa shape index (κ2) is 8.57. The summed E-state index contributed by atoms with van der Waals surface area (Å²) >= 11 is 2.93. The molecule has 0 spiro atoms. The first-order chi connectivity index (χ1) is 13.7. The van der Waals surface area contributed by atoms with Crippen LogP contribution in [0.4, 0.5) is 0 Å². The van der Waals surface area contributed by atoms with Crippen LogP contribution in [-0.4, -0.2) is 48.4 Å². The summed E-state index contributed by atoms with van der Waals surface area (Å²) in [5.41, 5.74) is 1.84. The molecule has 142 valence electrons. The van der Waals surface area contributed by atoms with E-state index in [1.807, 2.05) is 54.0 Å². The summed E-state index contributed by atoms with van der Waals surface area (Å²) in [5, 5.41) is 12.6. The van der Waals surface area contributed by atoms with Gasteiger partial charge in [0.15, 0.2) is 16.1 Å². The van der Waals surface area contributed by atoms with Crippen molar-refractivity contribution in [1.82, 2.24) is 25.1 Å². The standard InChI is InChI=1S/C19H18N6OS2/c1-13(17(26)22-18-21-11-12-27-18)28-19-24-23-16(14-7-9-20-10-8-14)25(19)15-5-3-2-4-6-15/h2-10,13H,11-12H2,1H3,(H,21,22,26)/t13-/m0/s1. The van der Waals surface area contributed by atoms with Crippen LogP contribution in [0.1, 0.15) is 6.92 Å². The maximum atomic E-state index is 12.5. The molecular weight excluding hydrogens is 392 g/mol. The van der Waals surface area contributed by atoms with Crippen LogP contribution in [-0.2, 0) is 4.79 Å². The van der Waals surface area contributed by atoms with Crippen LogP contribution in [0.15, 0.2) is 65.0 Å². The first-order valence-corrected chi connectivity index (χ1v) is 10.6. The monoisotopic (exact) mass is 410 g/mol. The van der Waals surface area contributed by atoms with Crippen LogP contribution in [0.3, 0.4) is 0 Å². The second-order valence-corrected chi connectivity index (χ2v) is 8.39. The van der Waals surface area contributed by atoms with Crippen LogP contribution in [0.5, 0.6) is 0 Å². The third-order valence-corrected chi connectivity index (χ3v) is 5.99. The third-order valence-electron chi connectivity index (χ3n) is 4.05. The summed E-state index contributed by atoms with van der Waals surface area (Å²) in [6.07, 6.45) is 3.45. The van der Waals surface area contributed by atoms with Crippen molar-refractivity contribution < 1.29 is 4.79 Å². The molecule has 3 heterocycles. The van der Waals surface area contributed by atoms with E-state index >= 15 is 0 Å². The summed E-state index contributed by atoms with van der Waals surface area (Å²) < 4.78 is 1.96. The van der Waals surface area contributed by atoms with Crippen LogP contribution in [0.25, 0.3) is 17.1 Å². The average molecular weight is 411 g/mol. The van der Waals surface area contributed by atoms with Gasteiger partial charge in [0.1, 0.15) is 0 Å². The molecule has 0 radical (unpaired) electrons. The highest BCUT2D eigenvalue weighted by atomic mass is 32.2. The molecular formula is C19H18N6OS2. The highest BCUT2D eigenvalue weighted by Crippen LogP contribution is 2.30. The topological polar surface area (TPSA) is 85.1 Å². The molecule has 1 aliphatic rings. The number of hydrogen-bond donors (Lipinski definition) is 1. The van der Waals surface area contributed by atoms with Crippen molar-refractivity contribution in [2.24, 2.45) is 4.99 Å². The lowest BCUT2D eigenvalue weighted by atomic mass is 10.2. The van der Waals surface area contributed by atoms with Gasteiger partial charge >= 0.3 is 0 Å². The third kappa shape index (κ3) is 4.10. The van der Waals surface area contributed by atoms with Crippen LogP contribution < -0.4 is 5.32 Å². The molecule has 1 amide bonds. The smallest absolute Gasteiger partial charge is 0.239 e. The lowest BCUT2D eigenvalue weighted by Crippen LogP contribution is -2.34. The second-order valence-electron chi connectivity index (χ2n) is 6.00. The van der Waals surface area contributed by atoms with E-state index in [0.29, 0.717) is 16.1 Å². The van der Waals surface area contributed by atoms with Gasteiger partial charge < -0.3 is 5.32 Å². The van der Waals surface area contributed by atoms with Gasteiger partial charge in [0.2, 0.25) is 5.91 Å². The molecule has 0 saturated carbocycles. The Labute approximate surface area is 171 Å². The number of amidine groups is 1. The molecule has 0 aliphatic carbocycles. The normalized spacial score (nSPS) is 14.5. The molecule has 3 aromatic rings. The van der Waals surface area contributed by atoms with Crippen LogP contribution in [0, 0.1) is 0 Å². The zero-order valence-electron chi connectivity index (χ0n) is 15.1. The minimum absolute atomic E-state index is 0.0915. The van der Waals surface area contributed by atoms with Crippen molar-refractivity contribution in [2.75, 3.05) is 12.3 Å². The Morgan fingerprint density at radius 2 is 1.96 bits per heavy atom. The molecule has 1 atom stereocenters. The zero-order chi connectivity index (χ0) is 19.3. The van der Waals surface area contributed by atoms with Crippen molar-refractivity contribution in [3.63, 3.8) is 0 Å². The fourth-order valence-corrected chi connectivity index (χ4v) is 4.27. The number of carbonyl (C=O) groups is 1. The molecule has 7 nitrogen and oxygen atoms in total. The number of benzene rings is 1. The number of aromatic nitrogens is 4. The number of aliphatic imine (C=N–C) groups is 1. The molecule has 0 saturated heterocycles. The van der Waals surface area contributed by atoms with E-state index in [0.717, 1.165) is 23.5 Å². The van der Waals surface area contributed by atoms with Gasteiger partial charge in [-0.2, -0.15) is 0 Å². The first-order valence-electron chi connectivity index (χ1n) is 8.78. The lowest BCUT2D eigenvalue weighted by Gasteiger charge is -2.13. The highest BCUT2D eigenvalue weighted by molar-refractivity contribution is 8.14. The Kier molecular flexibility index (Phi) is 5.73. The van der Waals surface area contributed by atoms with Crippen molar-refractivity contribution in [3.8, 4) is 17.1 Å². The molecule has 28 heavy (non-hydrogen) atoms. The van der Waals surface area contributed by atoms with E-state index in [-0.39, 0.29) is 11.2 Å². The van der Waals surface area contributed by atoms with Gasteiger partial charge in [0.05, 0.1) is 11.8 Å². The van der Waals surface area contributed by atoms with Gasteiger partial charge in [-0.05, 0) is 31.2 Å². The SMILES string of the molecule is C[C@H](Sc1nnc(-c2ccncc2)n1-c1ccccc1)C(=O)NC1=NCCS1. The predicted octanol–water partition coefficient (Wildman–Crippen LogP) is 3.03. The molecule has 1 aliphatic heterocycles. The lowest BCUT2D eigenvalue weighted by molar-refractivity contribution is -0.118. The van der Waals surface area contributed by atoms with Crippen molar-refractivity contribution in [1.29, 1.82) is 0 Å². The molecule has 2 aromatic heterocycles. The van der Waals surface area contributed by atoms with Gasteiger partial charge in [-0.1, -0.05) is 41.7 Å². The number of thioether (sulfide) groups is 2. The van der Waals surface area contributed by atoms with E-state index in [1.54, 1.807) is 24.2 Å². The predicted molar refractivity (Wildman–Crippen MR) is 113 cm³/mol. The summed E-state index contributed by atoms with van der Waals surface area (Å²) in [7, 11) is 0. The number of nitrogens with zero attached hydrogens (tertiary/aromatic N) is 5. The molecule has 1 aromatic carbocycles. The first kappa shape index (κ1) is 18.7. The quantitative estimate of drug-likeness (QED) is 0.651. The van der Waals surface area contributed by atoms with Gasteiger partial charge in [-0.3, -0.25) is 19.3 Å². The molecule has 4 rings (SSSR count). The Morgan fingerprint density at radius 3 is 2.68 bits per heavy atom. The van der Waals surface area contributed by atoms with Crippen molar-refractivity contribution in [3.05, 3.63) is 54.9 Å². The number of pyridine rings is 1. The Bertz CT molecular complexity index is 990. The average Bonchev–Trinajstić information content (AvgIpc) is 3.39. The molecule has 0 unspecified atom stereocenters. The zero-order valence-corrected chi connectivity index (χ0v) is 16.8. The maximum Gasteiger partial charge on any atom is 0.239 e. The van der Waals surface area contributed by atoms with E-state index < -0.39 is 0 Å². The summed E-state index contributed by atoms with van der Waals surface area (Å²) in [5.74, 6) is 1.53. The summed E-state index contributed by atoms with van der Waals surface area (Å²) in [4.78, 5) is 20.9.